The molecule has 0 radical (unpaired) electrons. The second-order valence-corrected chi connectivity index (χ2v) is 8.67. The number of carbonyl (C=O) groups excluding carboxylic acids is 1. The number of aromatic nitrogens is 1. The van der Waals surface area contributed by atoms with Gasteiger partial charge in [0.05, 0.1) is 6.04 Å². The lowest BCUT2D eigenvalue weighted by Crippen LogP contribution is -2.40. The highest BCUT2D eigenvalue weighted by atomic mass is 16.1. The number of hydrogen-bond donors (Lipinski definition) is 2. The van der Waals surface area contributed by atoms with Crippen LogP contribution in [0.15, 0.2) is 85.2 Å². The summed E-state index contributed by atoms with van der Waals surface area (Å²) in [7, 11) is 1.71. The monoisotopic (exact) mass is 445 g/mol. The Labute approximate surface area is 199 Å². The number of amides is 1. The van der Waals surface area contributed by atoms with Gasteiger partial charge in [0.2, 0.25) is 5.91 Å². The molecule has 3 rings (SSSR count). The Bertz CT molecular complexity index is 839. The van der Waals surface area contributed by atoms with Crippen LogP contribution in [0.5, 0.6) is 0 Å². The Morgan fingerprint density at radius 3 is 1.79 bits per heavy atom. The minimum Gasteiger partial charge on any atom is -0.368 e. The second kappa shape index (κ2) is 15.8. The second-order valence-electron chi connectivity index (χ2n) is 8.67. The third kappa shape index (κ3) is 11.4. The van der Waals surface area contributed by atoms with E-state index in [9.17, 15) is 4.79 Å². The molecule has 0 spiro atoms. The normalized spacial score (nSPS) is 11.5. The molecule has 176 valence electrons. The van der Waals surface area contributed by atoms with Crippen molar-refractivity contribution in [3.05, 3.63) is 102 Å². The standard InChI is InChI=1S/C20H26.C9H13N3O/c1-18(10-8-16-19-12-4-2-5-13-19)11-9-17-20-14-6-3-7-15-20;1-11-8(9(10)13)5-7-3-2-4-12-6-7/h2-7,12-15,18H,8-11,16-17H2,1H3;2-4,6,8,11H,5H2,1H3,(H2,10,13)/t;8-/m.0/s1. The molecule has 1 heterocycles. The highest BCUT2D eigenvalue weighted by Crippen LogP contribution is 2.17. The molecule has 0 saturated heterocycles. The average Bonchev–Trinajstić information content (AvgIpc) is 2.85. The minimum atomic E-state index is -0.341. The lowest BCUT2D eigenvalue weighted by atomic mass is 9.95. The summed E-state index contributed by atoms with van der Waals surface area (Å²) < 4.78 is 0. The van der Waals surface area contributed by atoms with E-state index in [0.29, 0.717) is 6.42 Å². The maximum Gasteiger partial charge on any atom is 0.234 e. The summed E-state index contributed by atoms with van der Waals surface area (Å²) in [4.78, 5) is 14.8. The molecule has 3 N–H and O–H groups in total. The van der Waals surface area contributed by atoms with Gasteiger partial charge in [0.25, 0.3) is 0 Å². The zero-order valence-corrected chi connectivity index (χ0v) is 20.1. The van der Waals surface area contributed by atoms with Gasteiger partial charge in [0.1, 0.15) is 0 Å². The van der Waals surface area contributed by atoms with Crippen molar-refractivity contribution in [3.63, 3.8) is 0 Å². The highest BCUT2D eigenvalue weighted by Gasteiger charge is 2.12. The van der Waals surface area contributed by atoms with Gasteiger partial charge in [-0.2, -0.15) is 0 Å². The van der Waals surface area contributed by atoms with Crippen LogP contribution in [-0.2, 0) is 24.1 Å². The first-order valence-corrected chi connectivity index (χ1v) is 12.0. The molecular weight excluding hydrogens is 406 g/mol. The van der Waals surface area contributed by atoms with Crippen molar-refractivity contribution >= 4 is 5.91 Å². The molecule has 4 heteroatoms. The summed E-state index contributed by atoms with van der Waals surface area (Å²) in [5, 5.41) is 2.85. The fourth-order valence-corrected chi connectivity index (χ4v) is 3.84. The molecule has 1 amide bonds. The lowest BCUT2D eigenvalue weighted by molar-refractivity contribution is -0.119. The van der Waals surface area contributed by atoms with E-state index in [0.717, 1.165) is 11.5 Å². The number of carbonyl (C=O) groups is 1. The maximum atomic E-state index is 10.9. The molecule has 1 atom stereocenters. The third-order valence-electron chi connectivity index (χ3n) is 5.86. The number of nitrogens with two attached hydrogens (primary N) is 1. The predicted molar refractivity (Wildman–Crippen MR) is 138 cm³/mol. The summed E-state index contributed by atoms with van der Waals surface area (Å²) in [6.45, 7) is 2.40. The van der Waals surface area contributed by atoms with E-state index < -0.39 is 0 Å². The number of rotatable bonds is 12. The van der Waals surface area contributed by atoms with Gasteiger partial charge in [0, 0.05) is 12.4 Å². The zero-order valence-electron chi connectivity index (χ0n) is 20.1. The van der Waals surface area contributed by atoms with Crippen molar-refractivity contribution < 1.29 is 4.79 Å². The van der Waals surface area contributed by atoms with Crippen LogP contribution in [-0.4, -0.2) is 24.0 Å². The summed E-state index contributed by atoms with van der Waals surface area (Å²) in [6.07, 6.45) is 11.8. The number of hydrogen-bond acceptors (Lipinski definition) is 3. The molecule has 3 aromatic rings. The molecular formula is C29H39N3O. The van der Waals surface area contributed by atoms with Crippen LogP contribution in [0.25, 0.3) is 0 Å². The van der Waals surface area contributed by atoms with Crippen molar-refractivity contribution in [1.29, 1.82) is 0 Å². The number of nitrogens with zero attached hydrogens (tertiary/aromatic N) is 1. The zero-order chi connectivity index (χ0) is 23.7. The van der Waals surface area contributed by atoms with E-state index >= 15 is 0 Å². The quantitative estimate of drug-likeness (QED) is 0.394. The van der Waals surface area contributed by atoms with Crippen LogP contribution in [0, 0.1) is 5.92 Å². The van der Waals surface area contributed by atoms with E-state index in [1.807, 2.05) is 12.1 Å². The number of pyridine rings is 1. The third-order valence-corrected chi connectivity index (χ3v) is 5.86. The molecule has 0 aliphatic rings. The van der Waals surface area contributed by atoms with Gasteiger partial charge in [0.15, 0.2) is 0 Å². The number of aryl methyl sites for hydroxylation is 2. The van der Waals surface area contributed by atoms with Gasteiger partial charge in [-0.1, -0.05) is 86.5 Å². The van der Waals surface area contributed by atoms with E-state index in [1.54, 1.807) is 19.4 Å². The first kappa shape index (κ1) is 26.3. The van der Waals surface area contributed by atoms with Gasteiger partial charge in [-0.05, 0) is 67.8 Å². The Morgan fingerprint density at radius 1 is 0.848 bits per heavy atom. The molecule has 0 aliphatic carbocycles. The Kier molecular flexibility index (Phi) is 12.5. The van der Waals surface area contributed by atoms with E-state index in [-0.39, 0.29) is 11.9 Å². The molecule has 0 bridgehead atoms. The van der Waals surface area contributed by atoms with Gasteiger partial charge in [-0.25, -0.2) is 0 Å². The Morgan fingerprint density at radius 2 is 1.36 bits per heavy atom. The van der Waals surface area contributed by atoms with Crippen molar-refractivity contribution in [2.45, 2.75) is 57.9 Å². The SMILES string of the molecule is CC(CCCc1ccccc1)CCCc1ccccc1.CN[C@@H](Cc1cccnc1)C(N)=O. The van der Waals surface area contributed by atoms with Crippen LogP contribution in [0.1, 0.15) is 49.3 Å². The van der Waals surface area contributed by atoms with Crippen molar-refractivity contribution in [3.8, 4) is 0 Å². The molecule has 2 aromatic carbocycles. The first-order chi connectivity index (χ1) is 16.1. The highest BCUT2D eigenvalue weighted by molar-refractivity contribution is 5.80. The maximum absolute atomic E-state index is 10.9. The number of primary amides is 1. The van der Waals surface area contributed by atoms with E-state index in [1.165, 1.54) is 49.7 Å². The average molecular weight is 446 g/mol. The van der Waals surface area contributed by atoms with Gasteiger partial charge >= 0.3 is 0 Å². The van der Waals surface area contributed by atoms with Crippen molar-refractivity contribution in [1.82, 2.24) is 10.3 Å². The largest absolute Gasteiger partial charge is 0.368 e. The predicted octanol–water partition coefficient (Wildman–Crippen LogP) is 5.37. The lowest BCUT2D eigenvalue weighted by Gasteiger charge is -2.11. The molecule has 0 unspecified atom stereocenters. The molecule has 0 aliphatic heterocycles. The summed E-state index contributed by atoms with van der Waals surface area (Å²) in [5.41, 5.74) is 9.13. The summed E-state index contributed by atoms with van der Waals surface area (Å²) in [6, 6.07) is 25.1. The van der Waals surface area contributed by atoms with Crippen LogP contribution in [0.3, 0.4) is 0 Å². The topological polar surface area (TPSA) is 68.0 Å². The van der Waals surface area contributed by atoms with Crippen LogP contribution in [0.4, 0.5) is 0 Å². The van der Waals surface area contributed by atoms with Gasteiger partial charge < -0.3 is 11.1 Å². The minimum absolute atomic E-state index is 0.316. The smallest absolute Gasteiger partial charge is 0.234 e. The fourth-order valence-electron chi connectivity index (χ4n) is 3.84. The van der Waals surface area contributed by atoms with E-state index in [4.69, 9.17) is 5.73 Å². The van der Waals surface area contributed by atoms with Crippen LogP contribution in [0.2, 0.25) is 0 Å². The Balaban J connectivity index is 0.000000257. The number of likely N-dealkylation sites (N-methyl/N-ethyl adjacent to an activating group) is 1. The van der Waals surface area contributed by atoms with Crippen molar-refractivity contribution in [2.24, 2.45) is 11.7 Å². The van der Waals surface area contributed by atoms with Gasteiger partial charge in [-0.15, -0.1) is 0 Å². The first-order valence-electron chi connectivity index (χ1n) is 12.0. The molecule has 0 saturated carbocycles. The number of benzene rings is 2. The molecule has 33 heavy (non-hydrogen) atoms. The van der Waals surface area contributed by atoms with Crippen molar-refractivity contribution in [2.75, 3.05) is 7.05 Å². The summed E-state index contributed by atoms with van der Waals surface area (Å²) >= 11 is 0. The van der Waals surface area contributed by atoms with Crippen LogP contribution >= 0.6 is 0 Å². The molecule has 4 nitrogen and oxygen atoms in total. The molecule has 0 fully saturated rings. The van der Waals surface area contributed by atoms with E-state index in [2.05, 4.69) is 77.9 Å². The Hall–Kier alpha value is -2.98. The van der Waals surface area contributed by atoms with Crippen LogP contribution < -0.4 is 11.1 Å². The number of nitrogens with one attached hydrogen (secondary N) is 1. The summed E-state index contributed by atoms with van der Waals surface area (Å²) in [5.74, 6) is 0.508. The van der Waals surface area contributed by atoms with Gasteiger partial charge in [-0.3, -0.25) is 9.78 Å². The fraction of sp³-hybridized carbons (Fsp3) is 0.379. The molecule has 1 aromatic heterocycles.